The van der Waals surface area contributed by atoms with Gasteiger partial charge in [-0.3, -0.25) is 0 Å². The van der Waals surface area contributed by atoms with E-state index >= 15 is 0 Å². The Kier molecular flexibility index (Phi) is 6.12. The number of hydrogen-bond acceptors (Lipinski definition) is 4. The van der Waals surface area contributed by atoms with E-state index < -0.39 is 0 Å². The summed E-state index contributed by atoms with van der Waals surface area (Å²) in [5, 5.41) is 4.07. The van der Waals surface area contributed by atoms with E-state index in [-0.39, 0.29) is 12.4 Å². The molecule has 0 atom stereocenters. The van der Waals surface area contributed by atoms with Crippen LogP contribution in [0.5, 0.6) is 0 Å². The number of halogens is 1. The summed E-state index contributed by atoms with van der Waals surface area (Å²) < 4.78 is 5.38. The lowest BCUT2D eigenvalue weighted by Crippen LogP contribution is -1.96. The Morgan fingerprint density at radius 3 is 2.42 bits per heavy atom. The van der Waals surface area contributed by atoms with E-state index in [1.165, 1.54) is 16.7 Å². The molecule has 2 aromatic carbocycles. The molecule has 0 aliphatic carbocycles. The summed E-state index contributed by atoms with van der Waals surface area (Å²) in [5.74, 6) is 1.30. The molecule has 0 radical (unpaired) electrons. The number of nitrogens with zero attached hydrogens (tertiary/aromatic N) is 2. The molecule has 0 saturated carbocycles. The zero-order valence-corrected chi connectivity index (χ0v) is 14.8. The molecule has 0 aliphatic heterocycles. The molecule has 1 heterocycles. The minimum absolute atomic E-state index is 0. The van der Waals surface area contributed by atoms with Crippen molar-refractivity contribution in [3.63, 3.8) is 0 Å². The van der Waals surface area contributed by atoms with Crippen LogP contribution in [-0.2, 0) is 19.4 Å². The lowest BCUT2D eigenvalue weighted by molar-refractivity contribution is 0.379. The van der Waals surface area contributed by atoms with Crippen molar-refractivity contribution < 1.29 is 4.52 Å². The molecular weight excluding hydrogens is 322 g/mol. The maximum absolute atomic E-state index is 5.61. The predicted molar refractivity (Wildman–Crippen MR) is 98.2 cm³/mol. The Labute approximate surface area is 148 Å². The van der Waals surface area contributed by atoms with Crippen molar-refractivity contribution in [3.8, 4) is 11.4 Å². The fourth-order valence-electron chi connectivity index (χ4n) is 2.63. The highest BCUT2D eigenvalue weighted by atomic mass is 35.5. The lowest BCUT2D eigenvalue weighted by atomic mass is 10.0. The van der Waals surface area contributed by atoms with Gasteiger partial charge in [-0.2, -0.15) is 4.98 Å². The van der Waals surface area contributed by atoms with Crippen molar-refractivity contribution in [1.82, 2.24) is 10.1 Å². The van der Waals surface area contributed by atoms with E-state index in [1.807, 2.05) is 24.3 Å². The van der Waals surface area contributed by atoms with Crippen LogP contribution in [0.3, 0.4) is 0 Å². The van der Waals surface area contributed by atoms with Crippen molar-refractivity contribution >= 4 is 12.4 Å². The summed E-state index contributed by atoms with van der Waals surface area (Å²) in [6.45, 7) is 4.78. The third kappa shape index (κ3) is 4.22. The van der Waals surface area contributed by atoms with Crippen LogP contribution in [0.1, 0.15) is 28.1 Å². The van der Waals surface area contributed by atoms with Gasteiger partial charge >= 0.3 is 0 Å². The van der Waals surface area contributed by atoms with Gasteiger partial charge in [-0.1, -0.05) is 53.2 Å². The van der Waals surface area contributed by atoms with Gasteiger partial charge in [0, 0.05) is 18.5 Å². The normalized spacial score (nSPS) is 10.5. The van der Waals surface area contributed by atoms with E-state index in [0.717, 1.165) is 24.0 Å². The monoisotopic (exact) mass is 343 g/mol. The summed E-state index contributed by atoms with van der Waals surface area (Å²) in [6, 6.07) is 14.4. The van der Waals surface area contributed by atoms with Gasteiger partial charge in [-0.05, 0) is 37.0 Å². The van der Waals surface area contributed by atoms with Crippen LogP contribution in [0.15, 0.2) is 47.0 Å². The maximum Gasteiger partial charge on any atom is 0.227 e. The summed E-state index contributed by atoms with van der Waals surface area (Å²) in [6.07, 6.45) is 1.65. The Hall–Kier alpha value is -2.17. The van der Waals surface area contributed by atoms with Gasteiger partial charge in [0.15, 0.2) is 0 Å². The first-order valence-electron chi connectivity index (χ1n) is 7.84. The van der Waals surface area contributed by atoms with Crippen LogP contribution in [0.25, 0.3) is 11.4 Å². The highest BCUT2D eigenvalue weighted by molar-refractivity contribution is 5.85. The van der Waals surface area contributed by atoms with Crippen molar-refractivity contribution in [2.75, 3.05) is 0 Å². The predicted octanol–water partition coefficient (Wildman–Crippen LogP) is 4.02. The van der Waals surface area contributed by atoms with Gasteiger partial charge in [-0.15, -0.1) is 12.4 Å². The second kappa shape index (κ2) is 8.08. The van der Waals surface area contributed by atoms with Crippen LogP contribution in [0.2, 0.25) is 0 Å². The van der Waals surface area contributed by atoms with Crippen LogP contribution in [0, 0.1) is 13.8 Å². The second-order valence-electron chi connectivity index (χ2n) is 5.84. The first kappa shape index (κ1) is 18.2. The summed E-state index contributed by atoms with van der Waals surface area (Å²) in [5.41, 5.74) is 11.6. The molecule has 3 rings (SSSR count). The fraction of sp³-hybridized carbons (Fsp3) is 0.263. The number of aryl methyl sites for hydroxylation is 4. The molecule has 1 aromatic heterocycles. The smallest absolute Gasteiger partial charge is 0.227 e. The number of aromatic nitrogens is 2. The molecule has 0 bridgehead atoms. The third-order valence-corrected chi connectivity index (χ3v) is 4.02. The molecule has 126 valence electrons. The van der Waals surface area contributed by atoms with E-state index in [9.17, 15) is 0 Å². The van der Waals surface area contributed by atoms with Gasteiger partial charge in [0.05, 0.1) is 0 Å². The lowest BCUT2D eigenvalue weighted by Gasteiger charge is -2.04. The summed E-state index contributed by atoms with van der Waals surface area (Å²) in [4.78, 5) is 4.49. The topological polar surface area (TPSA) is 64.9 Å². The first-order valence-corrected chi connectivity index (χ1v) is 7.84. The highest BCUT2D eigenvalue weighted by Gasteiger charge is 2.09. The van der Waals surface area contributed by atoms with E-state index in [2.05, 4.69) is 42.2 Å². The van der Waals surface area contributed by atoms with Crippen molar-refractivity contribution in [2.24, 2.45) is 5.73 Å². The minimum atomic E-state index is 0. The van der Waals surface area contributed by atoms with E-state index in [4.69, 9.17) is 10.3 Å². The Bertz CT molecular complexity index is 797. The number of rotatable bonds is 5. The van der Waals surface area contributed by atoms with Gasteiger partial charge in [0.25, 0.3) is 0 Å². The van der Waals surface area contributed by atoms with Crippen LogP contribution in [-0.4, -0.2) is 10.1 Å². The number of benzene rings is 2. The van der Waals surface area contributed by atoms with Crippen molar-refractivity contribution in [2.45, 2.75) is 33.2 Å². The summed E-state index contributed by atoms with van der Waals surface area (Å²) >= 11 is 0. The average Bonchev–Trinajstić information content (AvgIpc) is 3.03. The average molecular weight is 344 g/mol. The molecule has 0 spiro atoms. The zero-order chi connectivity index (χ0) is 16.2. The molecule has 0 fully saturated rings. The Morgan fingerprint density at radius 1 is 1.00 bits per heavy atom. The SMILES string of the molecule is Cc1ccc(CCc2nc(-c3ccc(CN)cc3)no2)c(C)c1.Cl. The number of hydrogen-bond donors (Lipinski definition) is 1. The number of nitrogens with two attached hydrogens (primary N) is 1. The molecule has 5 heteroatoms. The molecule has 3 aromatic rings. The molecule has 2 N–H and O–H groups in total. The van der Waals surface area contributed by atoms with E-state index in [0.29, 0.717) is 18.3 Å². The van der Waals surface area contributed by atoms with Crippen LogP contribution < -0.4 is 5.73 Å². The molecule has 0 saturated heterocycles. The molecule has 0 aliphatic rings. The maximum atomic E-state index is 5.61. The first-order chi connectivity index (χ1) is 11.2. The third-order valence-electron chi connectivity index (χ3n) is 4.02. The van der Waals surface area contributed by atoms with Gasteiger partial charge in [0.2, 0.25) is 11.7 Å². The summed E-state index contributed by atoms with van der Waals surface area (Å²) in [7, 11) is 0. The second-order valence-corrected chi connectivity index (χ2v) is 5.84. The van der Waals surface area contributed by atoms with Crippen LogP contribution >= 0.6 is 12.4 Å². The highest BCUT2D eigenvalue weighted by Crippen LogP contribution is 2.18. The Morgan fingerprint density at radius 2 is 1.75 bits per heavy atom. The minimum Gasteiger partial charge on any atom is -0.339 e. The van der Waals surface area contributed by atoms with Crippen molar-refractivity contribution in [1.29, 1.82) is 0 Å². The molecule has 4 nitrogen and oxygen atoms in total. The molecule has 24 heavy (non-hydrogen) atoms. The van der Waals surface area contributed by atoms with Gasteiger partial charge in [0.1, 0.15) is 0 Å². The Balaban J connectivity index is 0.00000208. The van der Waals surface area contributed by atoms with Crippen LogP contribution in [0.4, 0.5) is 0 Å². The molecule has 0 amide bonds. The zero-order valence-electron chi connectivity index (χ0n) is 14.0. The fourth-order valence-corrected chi connectivity index (χ4v) is 2.63. The quantitative estimate of drug-likeness (QED) is 0.759. The standard InChI is InChI=1S/C19H21N3O.ClH/c1-13-3-6-16(14(2)11-13)9-10-18-21-19(22-23-18)17-7-4-15(12-20)5-8-17;/h3-8,11H,9-10,12,20H2,1-2H3;1H. The largest absolute Gasteiger partial charge is 0.339 e. The molecular formula is C19H22ClN3O. The van der Waals surface area contributed by atoms with Crippen molar-refractivity contribution in [3.05, 3.63) is 70.6 Å². The van der Waals surface area contributed by atoms with Gasteiger partial charge < -0.3 is 10.3 Å². The van der Waals surface area contributed by atoms with E-state index in [1.54, 1.807) is 0 Å². The molecule has 0 unspecified atom stereocenters. The van der Waals surface area contributed by atoms with Gasteiger partial charge in [-0.25, -0.2) is 0 Å².